The SMILES string of the molecule is Cc1cccnc1[C@H](C)NC(=O)c1ccc2c(c1)ncn2CCO. The Labute approximate surface area is 140 Å². The first-order valence-corrected chi connectivity index (χ1v) is 7.88. The normalized spacial score (nSPS) is 12.3. The molecule has 2 aromatic heterocycles. The molecule has 24 heavy (non-hydrogen) atoms. The van der Waals surface area contributed by atoms with Gasteiger partial charge in [0.1, 0.15) is 0 Å². The highest BCUT2D eigenvalue weighted by Crippen LogP contribution is 2.17. The van der Waals surface area contributed by atoms with Crippen LogP contribution in [-0.2, 0) is 6.54 Å². The molecule has 0 spiro atoms. The molecule has 3 aromatic rings. The number of amides is 1. The zero-order valence-corrected chi connectivity index (χ0v) is 13.7. The Morgan fingerprint density at radius 1 is 1.33 bits per heavy atom. The lowest BCUT2D eigenvalue weighted by atomic mass is 10.1. The molecule has 0 unspecified atom stereocenters. The van der Waals surface area contributed by atoms with E-state index in [-0.39, 0.29) is 18.6 Å². The van der Waals surface area contributed by atoms with Gasteiger partial charge in [0, 0.05) is 18.3 Å². The highest BCUT2D eigenvalue weighted by molar-refractivity contribution is 5.97. The van der Waals surface area contributed by atoms with Gasteiger partial charge < -0.3 is 15.0 Å². The second-order valence-electron chi connectivity index (χ2n) is 5.77. The number of carbonyl (C=O) groups excluding carboxylic acids is 1. The Morgan fingerprint density at radius 2 is 2.17 bits per heavy atom. The highest BCUT2D eigenvalue weighted by Gasteiger charge is 2.15. The number of hydrogen-bond donors (Lipinski definition) is 2. The minimum atomic E-state index is -0.179. The Kier molecular flexibility index (Phi) is 4.57. The second kappa shape index (κ2) is 6.80. The summed E-state index contributed by atoms with van der Waals surface area (Å²) in [6, 6.07) is 9.06. The van der Waals surface area contributed by atoms with Crippen LogP contribution in [0.15, 0.2) is 42.9 Å². The number of carbonyl (C=O) groups is 1. The van der Waals surface area contributed by atoms with E-state index in [4.69, 9.17) is 5.11 Å². The first kappa shape index (κ1) is 16.1. The van der Waals surface area contributed by atoms with Gasteiger partial charge in [-0.3, -0.25) is 9.78 Å². The molecular weight excluding hydrogens is 304 g/mol. The van der Waals surface area contributed by atoms with Gasteiger partial charge in [-0.05, 0) is 43.7 Å². The summed E-state index contributed by atoms with van der Waals surface area (Å²) in [6.45, 7) is 4.43. The van der Waals surface area contributed by atoms with E-state index in [1.165, 1.54) is 0 Å². The zero-order valence-electron chi connectivity index (χ0n) is 13.7. The summed E-state index contributed by atoms with van der Waals surface area (Å²) in [7, 11) is 0. The van der Waals surface area contributed by atoms with Crippen LogP contribution in [0.1, 0.15) is 34.6 Å². The third-order valence-corrected chi connectivity index (χ3v) is 4.03. The van der Waals surface area contributed by atoms with E-state index < -0.39 is 0 Å². The largest absolute Gasteiger partial charge is 0.395 e. The van der Waals surface area contributed by atoms with Crippen LogP contribution in [0, 0.1) is 6.92 Å². The smallest absolute Gasteiger partial charge is 0.251 e. The fraction of sp³-hybridized carbons (Fsp3) is 0.278. The lowest BCUT2D eigenvalue weighted by molar-refractivity contribution is 0.0939. The van der Waals surface area contributed by atoms with E-state index in [9.17, 15) is 4.79 Å². The molecule has 1 aromatic carbocycles. The van der Waals surface area contributed by atoms with Crippen molar-refractivity contribution in [1.82, 2.24) is 19.9 Å². The predicted octanol–water partition coefficient (Wildman–Crippen LogP) is 2.22. The number of pyridine rings is 1. The molecule has 0 bridgehead atoms. The van der Waals surface area contributed by atoms with Gasteiger partial charge in [0.25, 0.3) is 5.91 Å². The van der Waals surface area contributed by atoms with E-state index in [0.29, 0.717) is 12.1 Å². The van der Waals surface area contributed by atoms with Crippen LogP contribution in [0.4, 0.5) is 0 Å². The number of aryl methyl sites for hydroxylation is 1. The Balaban J connectivity index is 1.80. The summed E-state index contributed by atoms with van der Waals surface area (Å²) in [4.78, 5) is 21.1. The second-order valence-corrected chi connectivity index (χ2v) is 5.77. The van der Waals surface area contributed by atoms with Crippen molar-refractivity contribution in [2.45, 2.75) is 26.4 Å². The summed E-state index contributed by atoms with van der Waals surface area (Å²) in [5.74, 6) is -0.161. The maximum Gasteiger partial charge on any atom is 0.251 e. The fourth-order valence-corrected chi connectivity index (χ4v) is 2.79. The van der Waals surface area contributed by atoms with Crippen molar-refractivity contribution in [3.63, 3.8) is 0 Å². The van der Waals surface area contributed by atoms with E-state index >= 15 is 0 Å². The number of aromatic nitrogens is 3. The molecule has 3 rings (SSSR count). The summed E-state index contributed by atoms with van der Waals surface area (Å²) < 4.78 is 1.86. The van der Waals surface area contributed by atoms with Gasteiger partial charge >= 0.3 is 0 Å². The van der Waals surface area contributed by atoms with Gasteiger partial charge in [0.15, 0.2) is 0 Å². The van der Waals surface area contributed by atoms with Crippen LogP contribution in [0.2, 0.25) is 0 Å². The molecule has 0 saturated heterocycles. The monoisotopic (exact) mass is 324 g/mol. The molecule has 2 heterocycles. The zero-order chi connectivity index (χ0) is 17.1. The Bertz CT molecular complexity index is 872. The number of hydrogen-bond acceptors (Lipinski definition) is 4. The summed E-state index contributed by atoms with van der Waals surface area (Å²) in [5.41, 5.74) is 4.09. The van der Waals surface area contributed by atoms with Gasteiger partial charge in [-0.25, -0.2) is 4.98 Å². The molecule has 0 aliphatic carbocycles. The Hall–Kier alpha value is -2.73. The molecular formula is C18H20N4O2. The lowest BCUT2D eigenvalue weighted by Gasteiger charge is -2.15. The van der Waals surface area contributed by atoms with Crippen molar-refractivity contribution in [1.29, 1.82) is 0 Å². The molecule has 6 heteroatoms. The number of rotatable bonds is 5. The first-order valence-electron chi connectivity index (χ1n) is 7.88. The van der Waals surface area contributed by atoms with Crippen molar-refractivity contribution in [2.24, 2.45) is 0 Å². The molecule has 0 aliphatic heterocycles. The minimum absolute atomic E-state index is 0.0502. The number of nitrogens with one attached hydrogen (secondary N) is 1. The number of aliphatic hydroxyl groups is 1. The van der Waals surface area contributed by atoms with Gasteiger partial charge in [0.2, 0.25) is 0 Å². The third-order valence-electron chi connectivity index (χ3n) is 4.03. The molecule has 1 atom stereocenters. The van der Waals surface area contributed by atoms with Crippen LogP contribution in [0.25, 0.3) is 11.0 Å². The average Bonchev–Trinajstić information content (AvgIpc) is 2.98. The van der Waals surface area contributed by atoms with E-state index in [1.54, 1.807) is 24.7 Å². The van der Waals surface area contributed by atoms with Crippen LogP contribution < -0.4 is 5.32 Å². The summed E-state index contributed by atoms with van der Waals surface area (Å²) >= 11 is 0. The number of benzene rings is 1. The number of nitrogens with zero attached hydrogens (tertiary/aromatic N) is 3. The average molecular weight is 324 g/mol. The molecule has 2 N–H and O–H groups in total. The first-order chi connectivity index (χ1) is 11.6. The molecule has 0 radical (unpaired) electrons. The number of imidazole rings is 1. The van der Waals surface area contributed by atoms with Crippen molar-refractivity contribution in [2.75, 3.05) is 6.61 Å². The standard InChI is InChI=1S/C18H20N4O2/c1-12-4-3-7-19-17(12)13(2)21-18(24)14-5-6-16-15(10-14)20-11-22(16)8-9-23/h3-7,10-11,13,23H,8-9H2,1-2H3,(H,21,24)/t13-/m0/s1. The lowest BCUT2D eigenvalue weighted by Crippen LogP contribution is -2.27. The fourth-order valence-electron chi connectivity index (χ4n) is 2.79. The Morgan fingerprint density at radius 3 is 2.92 bits per heavy atom. The highest BCUT2D eigenvalue weighted by atomic mass is 16.3. The van der Waals surface area contributed by atoms with Gasteiger partial charge in [0.05, 0.1) is 35.7 Å². The molecule has 1 amide bonds. The third kappa shape index (κ3) is 3.14. The van der Waals surface area contributed by atoms with Crippen molar-refractivity contribution < 1.29 is 9.90 Å². The summed E-state index contributed by atoms with van der Waals surface area (Å²) in [6.07, 6.45) is 3.40. The molecule has 6 nitrogen and oxygen atoms in total. The van der Waals surface area contributed by atoms with Gasteiger partial charge in [-0.15, -0.1) is 0 Å². The van der Waals surface area contributed by atoms with Crippen molar-refractivity contribution in [3.8, 4) is 0 Å². The molecule has 124 valence electrons. The number of aliphatic hydroxyl groups excluding tert-OH is 1. The van der Waals surface area contributed by atoms with Crippen LogP contribution in [0.5, 0.6) is 0 Å². The topological polar surface area (TPSA) is 80.0 Å². The van der Waals surface area contributed by atoms with E-state index in [2.05, 4.69) is 15.3 Å². The maximum absolute atomic E-state index is 12.5. The van der Waals surface area contributed by atoms with Gasteiger partial charge in [-0.1, -0.05) is 6.07 Å². The van der Waals surface area contributed by atoms with E-state index in [1.807, 2.05) is 36.6 Å². The molecule has 0 aliphatic rings. The number of fused-ring (bicyclic) bond motifs is 1. The summed E-state index contributed by atoms with van der Waals surface area (Å²) in [5, 5.41) is 12.0. The quantitative estimate of drug-likeness (QED) is 0.754. The van der Waals surface area contributed by atoms with Crippen LogP contribution in [0.3, 0.4) is 0 Å². The van der Waals surface area contributed by atoms with Crippen molar-refractivity contribution in [3.05, 3.63) is 59.7 Å². The minimum Gasteiger partial charge on any atom is -0.395 e. The van der Waals surface area contributed by atoms with Crippen LogP contribution >= 0.6 is 0 Å². The predicted molar refractivity (Wildman–Crippen MR) is 91.7 cm³/mol. The van der Waals surface area contributed by atoms with Gasteiger partial charge in [-0.2, -0.15) is 0 Å². The molecule has 0 saturated carbocycles. The maximum atomic E-state index is 12.5. The van der Waals surface area contributed by atoms with Crippen LogP contribution in [-0.4, -0.2) is 32.2 Å². The van der Waals surface area contributed by atoms with Crippen molar-refractivity contribution >= 4 is 16.9 Å². The van der Waals surface area contributed by atoms with E-state index in [0.717, 1.165) is 22.3 Å². The molecule has 0 fully saturated rings.